The number of hydrogen-bond donors (Lipinski definition) is 2. The molecule has 0 saturated heterocycles. The van der Waals surface area contributed by atoms with Crippen molar-refractivity contribution in [2.45, 2.75) is 39.2 Å². The van der Waals surface area contributed by atoms with Gasteiger partial charge in [0.05, 0.1) is 19.3 Å². The summed E-state index contributed by atoms with van der Waals surface area (Å²) in [6.07, 6.45) is 2.98. The average molecular weight is 309 g/mol. The quantitative estimate of drug-likeness (QED) is 0.684. The van der Waals surface area contributed by atoms with Crippen LogP contribution in [0.3, 0.4) is 0 Å². The molecule has 6 heteroatoms. The monoisotopic (exact) mass is 309 g/mol. The highest BCUT2D eigenvalue weighted by Gasteiger charge is 2.20. The molecule has 2 N–H and O–H groups in total. The molecule has 0 bridgehead atoms. The van der Waals surface area contributed by atoms with Gasteiger partial charge in [-0.2, -0.15) is 0 Å². The minimum atomic E-state index is -1.10. The topological polar surface area (TPSA) is 84.9 Å². The third kappa shape index (κ3) is 4.95. The Balaban J connectivity index is 2.92. The Bertz CT molecular complexity index is 515. The zero-order valence-corrected chi connectivity index (χ0v) is 13.2. The molecule has 6 nitrogen and oxygen atoms in total. The lowest BCUT2D eigenvalue weighted by Gasteiger charge is -2.16. The maximum atomic E-state index is 12.2. The van der Waals surface area contributed by atoms with E-state index >= 15 is 0 Å². The number of amides is 1. The van der Waals surface area contributed by atoms with Gasteiger partial charge in [0.1, 0.15) is 6.04 Å². The number of unbranched alkanes of at least 4 members (excludes halogenated alkanes) is 2. The van der Waals surface area contributed by atoms with Gasteiger partial charge in [-0.05, 0) is 25.5 Å². The van der Waals surface area contributed by atoms with Gasteiger partial charge < -0.3 is 19.9 Å². The van der Waals surface area contributed by atoms with Crippen LogP contribution >= 0.6 is 0 Å². The van der Waals surface area contributed by atoms with Crippen molar-refractivity contribution in [1.82, 2.24) is 5.32 Å². The van der Waals surface area contributed by atoms with Gasteiger partial charge in [-0.3, -0.25) is 9.59 Å². The van der Waals surface area contributed by atoms with E-state index in [4.69, 9.17) is 14.6 Å². The number of aliphatic carboxylic acids is 1. The summed E-state index contributed by atoms with van der Waals surface area (Å²) in [7, 11) is 1.50. The van der Waals surface area contributed by atoms with Gasteiger partial charge >= 0.3 is 5.97 Å². The Morgan fingerprint density at radius 3 is 2.64 bits per heavy atom. The fourth-order valence-electron chi connectivity index (χ4n) is 1.87. The molecule has 122 valence electrons. The number of carboxylic acids is 1. The Morgan fingerprint density at radius 1 is 1.32 bits per heavy atom. The molecule has 0 aromatic heterocycles. The van der Waals surface area contributed by atoms with Crippen LogP contribution in [0.15, 0.2) is 18.2 Å². The smallest absolute Gasteiger partial charge is 0.325 e. The molecule has 1 rings (SSSR count). The van der Waals surface area contributed by atoms with Crippen molar-refractivity contribution in [3.05, 3.63) is 23.8 Å². The Labute approximate surface area is 130 Å². The van der Waals surface area contributed by atoms with Crippen molar-refractivity contribution >= 4 is 11.9 Å². The third-order valence-electron chi connectivity index (χ3n) is 3.16. The number of para-hydroxylation sites is 1. The molecule has 1 unspecified atom stereocenters. The number of ether oxygens (including phenoxy) is 2. The molecule has 1 amide bonds. The second-order valence-electron chi connectivity index (χ2n) is 4.93. The number of nitrogens with one attached hydrogen (secondary N) is 1. The first kappa shape index (κ1) is 17.8. The molecule has 0 spiro atoms. The van der Waals surface area contributed by atoms with Gasteiger partial charge in [-0.25, -0.2) is 0 Å². The van der Waals surface area contributed by atoms with Crippen molar-refractivity contribution in [1.29, 1.82) is 0 Å². The fourth-order valence-corrected chi connectivity index (χ4v) is 1.87. The van der Waals surface area contributed by atoms with E-state index in [1.165, 1.54) is 14.0 Å². The number of hydrogen-bond acceptors (Lipinski definition) is 4. The second kappa shape index (κ2) is 8.92. The van der Waals surface area contributed by atoms with E-state index in [0.29, 0.717) is 18.1 Å². The van der Waals surface area contributed by atoms with Gasteiger partial charge in [0, 0.05) is 0 Å². The van der Waals surface area contributed by atoms with E-state index < -0.39 is 17.9 Å². The molecular formula is C16H23NO5. The molecule has 0 fully saturated rings. The van der Waals surface area contributed by atoms with Gasteiger partial charge in [0.25, 0.3) is 5.91 Å². The van der Waals surface area contributed by atoms with Crippen LogP contribution in [0.5, 0.6) is 11.5 Å². The van der Waals surface area contributed by atoms with Gasteiger partial charge in [0.15, 0.2) is 11.5 Å². The highest BCUT2D eigenvalue weighted by atomic mass is 16.5. The zero-order valence-electron chi connectivity index (χ0n) is 13.2. The molecule has 0 saturated carbocycles. The number of methoxy groups -OCH3 is 1. The molecule has 1 atom stereocenters. The van der Waals surface area contributed by atoms with E-state index in [-0.39, 0.29) is 5.56 Å². The summed E-state index contributed by atoms with van der Waals surface area (Å²) in [6.45, 7) is 3.97. The number of carboxylic acid groups (broad SMARTS) is 1. The van der Waals surface area contributed by atoms with Crippen LogP contribution in [0.2, 0.25) is 0 Å². The molecule has 0 radical (unpaired) electrons. The lowest BCUT2D eigenvalue weighted by atomic mass is 10.1. The number of carbonyl (C=O) groups is 2. The van der Waals surface area contributed by atoms with E-state index in [2.05, 4.69) is 12.2 Å². The highest BCUT2D eigenvalue weighted by Crippen LogP contribution is 2.31. The maximum Gasteiger partial charge on any atom is 0.325 e. The summed E-state index contributed by atoms with van der Waals surface area (Å²) in [6, 6.07) is 3.97. The van der Waals surface area contributed by atoms with Crippen molar-refractivity contribution in [3.63, 3.8) is 0 Å². The SMILES string of the molecule is CCCCCOc1c(OC)cccc1C(=O)NC(C)C(=O)O. The molecule has 0 heterocycles. The molecular weight excluding hydrogens is 286 g/mol. The summed E-state index contributed by atoms with van der Waals surface area (Å²) in [4.78, 5) is 23.1. The minimum Gasteiger partial charge on any atom is -0.493 e. The van der Waals surface area contributed by atoms with Crippen LogP contribution in [-0.4, -0.2) is 36.7 Å². The van der Waals surface area contributed by atoms with Crippen molar-refractivity contribution in [2.24, 2.45) is 0 Å². The first-order valence-corrected chi connectivity index (χ1v) is 7.34. The van der Waals surface area contributed by atoms with Crippen LogP contribution in [-0.2, 0) is 4.79 Å². The van der Waals surface area contributed by atoms with E-state index in [0.717, 1.165) is 19.3 Å². The highest BCUT2D eigenvalue weighted by molar-refractivity contribution is 5.99. The minimum absolute atomic E-state index is 0.268. The third-order valence-corrected chi connectivity index (χ3v) is 3.16. The summed E-state index contributed by atoms with van der Waals surface area (Å²) in [5.41, 5.74) is 0.268. The normalized spacial score (nSPS) is 11.6. The van der Waals surface area contributed by atoms with Crippen molar-refractivity contribution in [2.75, 3.05) is 13.7 Å². The molecule has 1 aromatic rings. The molecule has 0 aliphatic rings. The van der Waals surface area contributed by atoms with Gasteiger partial charge in [-0.1, -0.05) is 25.8 Å². The molecule has 0 aliphatic carbocycles. The average Bonchev–Trinajstić information content (AvgIpc) is 2.51. The maximum absolute atomic E-state index is 12.2. The molecule has 22 heavy (non-hydrogen) atoms. The number of carbonyl (C=O) groups excluding carboxylic acids is 1. The largest absolute Gasteiger partial charge is 0.493 e. The van der Waals surface area contributed by atoms with Gasteiger partial charge in [0.2, 0.25) is 0 Å². The van der Waals surface area contributed by atoms with E-state index in [1.807, 2.05) is 0 Å². The fraction of sp³-hybridized carbons (Fsp3) is 0.500. The van der Waals surface area contributed by atoms with E-state index in [9.17, 15) is 9.59 Å². The second-order valence-corrected chi connectivity index (χ2v) is 4.93. The predicted molar refractivity (Wildman–Crippen MR) is 82.6 cm³/mol. The number of rotatable bonds is 9. The standard InChI is InChI=1S/C16H23NO5/c1-4-5-6-10-22-14-12(8-7-9-13(14)21-3)15(18)17-11(2)16(19)20/h7-9,11H,4-6,10H2,1-3H3,(H,17,18)(H,19,20). The summed E-state index contributed by atoms with van der Waals surface area (Å²) in [5.74, 6) is -0.802. The Hall–Kier alpha value is -2.24. The lowest BCUT2D eigenvalue weighted by Crippen LogP contribution is -2.38. The zero-order chi connectivity index (χ0) is 16.5. The predicted octanol–water partition coefficient (Wildman–Crippen LogP) is 2.47. The van der Waals surface area contributed by atoms with Crippen LogP contribution < -0.4 is 14.8 Å². The first-order chi connectivity index (χ1) is 10.5. The Kier molecular flexibility index (Phi) is 7.22. The summed E-state index contributed by atoms with van der Waals surface area (Å²) < 4.78 is 10.9. The van der Waals surface area contributed by atoms with Crippen LogP contribution in [0.25, 0.3) is 0 Å². The molecule has 0 aliphatic heterocycles. The summed E-state index contributed by atoms with van der Waals surface area (Å²) in [5, 5.41) is 11.3. The van der Waals surface area contributed by atoms with Crippen LogP contribution in [0, 0.1) is 0 Å². The van der Waals surface area contributed by atoms with Crippen LogP contribution in [0.1, 0.15) is 43.5 Å². The van der Waals surface area contributed by atoms with E-state index in [1.54, 1.807) is 18.2 Å². The lowest BCUT2D eigenvalue weighted by molar-refractivity contribution is -0.138. The van der Waals surface area contributed by atoms with Crippen molar-refractivity contribution < 1.29 is 24.2 Å². The first-order valence-electron chi connectivity index (χ1n) is 7.34. The van der Waals surface area contributed by atoms with Crippen molar-refractivity contribution in [3.8, 4) is 11.5 Å². The molecule has 1 aromatic carbocycles. The van der Waals surface area contributed by atoms with Gasteiger partial charge in [-0.15, -0.1) is 0 Å². The number of benzene rings is 1. The summed E-state index contributed by atoms with van der Waals surface area (Å²) >= 11 is 0. The Morgan fingerprint density at radius 2 is 2.05 bits per heavy atom. The van der Waals surface area contributed by atoms with Crippen LogP contribution in [0.4, 0.5) is 0 Å².